The van der Waals surface area contributed by atoms with Gasteiger partial charge in [0.05, 0.1) is 11.0 Å². The Kier molecular flexibility index (Phi) is 5.62. The Balaban J connectivity index is 2.88. The summed E-state index contributed by atoms with van der Waals surface area (Å²) in [6.07, 6.45) is 5.06. The fourth-order valence-electron chi connectivity index (χ4n) is 1.64. The summed E-state index contributed by atoms with van der Waals surface area (Å²) in [5, 5.41) is 9.39. The maximum absolute atomic E-state index is 12.2. The fraction of sp³-hybridized carbons (Fsp3) is 0.636. The molecule has 17 heavy (non-hydrogen) atoms. The summed E-state index contributed by atoms with van der Waals surface area (Å²) in [7, 11) is -3.44. The van der Waals surface area contributed by atoms with Crippen molar-refractivity contribution >= 4 is 32.6 Å². The van der Waals surface area contributed by atoms with Crippen molar-refractivity contribution in [3.8, 4) is 0 Å². The Labute approximate surface area is 117 Å². The lowest BCUT2D eigenvalue weighted by Gasteiger charge is -2.16. The van der Waals surface area contributed by atoms with Gasteiger partial charge in [0.2, 0.25) is 10.0 Å². The second-order valence-corrected chi connectivity index (χ2v) is 7.94. The van der Waals surface area contributed by atoms with E-state index in [0.29, 0.717) is 17.9 Å². The molecular weight excluding hydrogens is 353 g/mol. The molecule has 0 radical (unpaired) electrons. The number of hydrogen-bond acceptors (Lipinski definition) is 3. The average Bonchev–Trinajstić information content (AvgIpc) is 2.65. The predicted molar refractivity (Wildman–Crippen MR) is 77.5 cm³/mol. The Morgan fingerprint density at radius 3 is 2.65 bits per heavy atom. The number of aliphatic hydroxyl groups excluding tert-OH is 1. The Morgan fingerprint density at radius 1 is 1.59 bits per heavy atom. The Morgan fingerprint density at radius 2 is 2.24 bits per heavy atom. The predicted octanol–water partition coefficient (Wildman–Crippen LogP) is 1.67. The van der Waals surface area contributed by atoms with E-state index in [9.17, 15) is 13.5 Å². The minimum Gasteiger partial charge on any atom is -0.392 e. The van der Waals surface area contributed by atoms with Crippen LogP contribution in [0.15, 0.2) is 23.1 Å². The van der Waals surface area contributed by atoms with E-state index in [2.05, 4.69) is 22.6 Å². The van der Waals surface area contributed by atoms with E-state index in [1.54, 1.807) is 19.1 Å². The molecule has 1 fully saturated rings. The smallest absolute Gasteiger partial charge is 0.242 e. The summed E-state index contributed by atoms with van der Waals surface area (Å²) in [5.41, 5.74) is 0. The van der Waals surface area contributed by atoms with Crippen LogP contribution in [0, 0.1) is 0 Å². The molecule has 0 bridgehead atoms. The summed E-state index contributed by atoms with van der Waals surface area (Å²) >= 11 is 2.21. The van der Waals surface area contributed by atoms with Gasteiger partial charge < -0.3 is 5.11 Å². The molecule has 0 aromatic carbocycles. The van der Waals surface area contributed by atoms with Crippen LogP contribution in [0.3, 0.4) is 0 Å². The van der Waals surface area contributed by atoms with Gasteiger partial charge in [0.1, 0.15) is 0 Å². The van der Waals surface area contributed by atoms with Crippen LogP contribution in [0.25, 0.3) is 0 Å². The third-order valence-electron chi connectivity index (χ3n) is 2.57. The van der Waals surface area contributed by atoms with Gasteiger partial charge in [0.15, 0.2) is 0 Å². The zero-order valence-corrected chi connectivity index (χ0v) is 13.0. The van der Waals surface area contributed by atoms with Crippen LogP contribution < -0.4 is 0 Å². The Hall–Kier alpha value is 0.0800. The van der Waals surface area contributed by atoms with Crippen LogP contribution in [0.5, 0.6) is 0 Å². The second-order valence-electron chi connectivity index (χ2n) is 4.03. The molecule has 6 heteroatoms. The highest BCUT2D eigenvalue weighted by molar-refractivity contribution is 14.1. The lowest BCUT2D eigenvalue weighted by molar-refractivity contribution is 0.189. The molecule has 1 N–H and O–H groups in total. The number of aliphatic hydroxyl groups is 1. The van der Waals surface area contributed by atoms with Crippen LogP contribution in [0.2, 0.25) is 0 Å². The van der Waals surface area contributed by atoms with E-state index in [4.69, 9.17) is 0 Å². The maximum atomic E-state index is 12.2. The van der Waals surface area contributed by atoms with E-state index in [1.165, 1.54) is 4.31 Å². The van der Waals surface area contributed by atoms with Crippen molar-refractivity contribution in [1.29, 1.82) is 0 Å². The van der Waals surface area contributed by atoms with Crippen molar-refractivity contribution in [2.75, 3.05) is 13.1 Å². The first-order valence-corrected chi connectivity index (χ1v) is 8.23. The first kappa shape index (κ1) is 15.1. The average molecular weight is 371 g/mol. The van der Waals surface area contributed by atoms with Crippen LogP contribution in [0.1, 0.15) is 20.3 Å². The summed E-state index contributed by atoms with van der Waals surface area (Å²) in [6.45, 7) is 4.29. The molecule has 0 spiro atoms. The highest BCUT2D eigenvalue weighted by Gasteiger charge is 2.31. The van der Waals surface area contributed by atoms with Crippen molar-refractivity contribution in [1.82, 2.24) is 4.31 Å². The third kappa shape index (κ3) is 4.04. The quantitative estimate of drug-likeness (QED) is 0.465. The van der Waals surface area contributed by atoms with Crippen LogP contribution >= 0.6 is 22.6 Å². The molecule has 0 aliphatic carbocycles. The third-order valence-corrected chi connectivity index (χ3v) is 4.97. The van der Waals surface area contributed by atoms with Crippen LogP contribution in [0.4, 0.5) is 0 Å². The number of sulfonamides is 1. The van der Waals surface area contributed by atoms with Gasteiger partial charge >= 0.3 is 0 Å². The number of allylic oxidation sites excluding steroid dienone is 3. The van der Waals surface area contributed by atoms with E-state index in [1.807, 2.05) is 13.0 Å². The van der Waals surface area contributed by atoms with Crippen molar-refractivity contribution in [3.63, 3.8) is 0 Å². The number of hydrogen-bond donors (Lipinski definition) is 1. The molecule has 0 aromatic heterocycles. The van der Waals surface area contributed by atoms with Crippen molar-refractivity contribution < 1.29 is 13.5 Å². The van der Waals surface area contributed by atoms with Gasteiger partial charge in [-0.3, -0.25) is 0 Å². The fourth-order valence-corrected chi connectivity index (χ4v) is 3.40. The monoisotopic (exact) mass is 371 g/mol. The number of nitrogens with zero attached hydrogens (tertiary/aromatic N) is 1. The topological polar surface area (TPSA) is 57.6 Å². The van der Waals surface area contributed by atoms with Crippen molar-refractivity contribution in [2.45, 2.75) is 30.3 Å². The molecule has 0 saturated carbocycles. The van der Waals surface area contributed by atoms with Gasteiger partial charge in [-0.1, -0.05) is 34.7 Å². The zero-order valence-electron chi connectivity index (χ0n) is 10.0. The van der Waals surface area contributed by atoms with Gasteiger partial charge in [-0.2, -0.15) is 4.31 Å². The van der Waals surface area contributed by atoms with Gasteiger partial charge in [-0.25, -0.2) is 8.42 Å². The normalized spacial score (nSPS) is 25.6. The molecule has 1 saturated heterocycles. The number of alkyl halides is 1. The summed E-state index contributed by atoms with van der Waals surface area (Å²) in [4.78, 5) is 0.301. The summed E-state index contributed by atoms with van der Waals surface area (Å²) < 4.78 is 26.1. The molecule has 1 heterocycles. The standard InChI is InChI=1S/C11H18INO3S/c1-3-11(5-4-9(2)12)17(15,16)13-7-6-10(14)8-13/h3-5,9-10,14H,6-8H2,1-2H3/b5-4-,11-3+. The maximum Gasteiger partial charge on any atom is 0.242 e. The van der Waals surface area contributed by atoms with Crippen LogP contribution in [-0.2, 0) is 10.0 Å². The van der Waals surface area contributed by atoms with Gasteiger partial charge in [0.25, 0.3) is 0 Å². The van der Waals surface area contributed by atoms with Gasteiger partial charge in [0, 0.05) is 17.0 Å². The summed E-state index contributed by atoms with van der Waals surface area (Å²) in [6, 6.07) is 0. The highest BCUT2D eigenvalue weighted by Crippen LogP contribution is 2.21. The molecule has 0 amide bonds. The zero-order chi connectivity index (χ0) is 13.1. The SMILES string of the molecule is C/C=C(\C=C/C(C)I)S(=O)(=O)N1CCC(O)C1. The lowest BCUT2D eigenvalue weighted by Crippen LogP contribution is -2.30. The molecule has 1 aliphatic heterocycles. The minimum absolute atomic E-state index is 0.202. The molecule has 2 atom stereocenters. The number of rotatable bonds is 4. The van der Waals surface area contributed by atoms with Crippen molar-refractivity contribution in [2.24, 2.45) is 0 Å². The Bertz CT molecular complexity index is 414. The molecule has 4 nitrogen and oxygen atoms in total. The van der Waals surface area contributed by atoms with E-state index in [-0.39, 0.29) is 10.5 Å². The largest absolute Gasteiger partial charge is 0.392 e. The van der Waals surface area contributed by atoms with Crippen LogP contribution in [-0.4, -0.2) is 40.9 Å². The van der Waals surface area contributed by atoms with Gasteiger partial charge in [-0.05, 0) is 26.3 Å². The minimum atomic E-state index is -3.44. The van der Waals surface area contributed by atoms with Gasteiger partial charge in [-0.15, -0.1) is 0 Å². The highest BCUT2D eigenvalue weighted by atomic mass is 127. The summed E-state index contributed by atoms with van der Waals surface area (Å²) in [5.74, 6) is 0. The first-order valence-electron chi connectivity index (χ1n) is 5.54. The lowest BCUT2D eigenvalue weighted by atomic mass is 10.3. The molecular formula is C11H18INO3S. The van der Waals surface area contributed by atoms with E-state index < -0.39 is 16.1 Å². The van der Waals surface area contributed by atoms with E-state index >= 15 is 0 Å². The van der Waals surface area contributed by atoms with E-state index in [0.717, 1.165) is 0 Å². The first-order chi connectivity index (χ1) is 7.87. The molecule has 1 aliphatic rings. The number of β-amino-alcohol motifs (C(OH)–C–C–N with tert-alkyl or cyclic N) is 1. The number of halogens is 1. The molecule has 98 valence electrons. The molecule has 2 unspecified atom stereocenters. The molecule has 1 rings (SSSR count). The van der Waals surface area contributed by atoms with Crippen molar-refractivity contribution in [3.05, 3.63) is 23.1 Å². The molecule has 0 aromatic rings. The second kappa shape index (κ2) is 6.31.